The molecule has 7 aromatic carbocycles. The first kappa shape index (κ1) is 42.4. The van der Waals surface area contributed by atoms with Crippen LogP contribution < -0.4 is 0 Å². The van der Waals surface area contributed by atoms with Crippen LogP contribution in [-0.4, -0.2) is 13.7 Å². The van der Waals surface area contributed by atoms with Crippen LogP contribution in [0.2, 0.25) is 0 Å². The van der Waals surface area contributed by atoms with Crippen LogP contribution in [0.3, 0.4) is 0 Å². The zero-order valence-corrected chi connectivity index (χ0v) is 40.3. The van der Waals surface area contributed by atoms with E-state index < -0.39 is 0 Å². The Kier molecular flexibility index (Phi) is 10.3. The average Bonchev–Trinajstić information content (AvgIpc) is 3.92. The average molecular weight is 851 g/mol. The van der Waals surface area contributed by atoms with E-state index in [1.807, 2.05) is 0 Å². The molecule has 0 amide bonds. The minimum absolute atomic E-state index is 0.376. The summed E-state index contributed by atoms with van der Waals surface area (Å²) in [5.74, 6) is 2.29. The van der Waals surface area contributed by atoms with Gasteiger partial charge in [-0.1, -0.05) is 119 Å². The molecule has 0 spiro atoms. The smallest absolute Gasteiger partial charge is 0.104 e. The highest BCUT2D eigenvalue weighted by atomic mass is 15.0. The summed E-state index contributed by atoms with van der Waals surface area (Å²) >= 11 is 0. The number of hydrogen-bond acceptors (Lipinski definition) is 1. The fraction of sp³-hybridized carbons (Fsp3) is 0.295. The molecule has 0 atom stereocenters. The molecular weight excluding hydrogens is 789 g/mol. The molecule has 0 saturated heterocycles. The maximum atomic E-state index is 11.8. The van der Waals surface area contributed by atoms with Gasteiger partial charge in [0.05, 0.1) is 50.2 Å². The highest BCUT2D eigenvalue weighted by Crippen LogP contribution is 2.43. The summed E-state index contributed by atoms with van der Waals surface area (Å²) < 4.78 is 7.22. The fourth-order valence-corrected chi connectivity index (χ4v) is 10.3. The lowest BCUT2D eigenvalue weighted by molar-refractivity contribution is 0.868. The topological polar surface area (TPSA) is 38.6 Å². The molecule has 3 aromatic heterocycles. The van der Waals surface area contributed by atoms with Crippen molar-refractivity contribution in [2.45, 2.75) is 119 Å². The first-order chi connectivity index (χ1) is 31.1. The van der Waals surface area contributed by atoms with Crippen LogP contribution >= 0.6 is 0 Å². The minimum Gasteiger partial charge on any atom is -0.309 e. The molecule has 0 bridgehead atoms. The molecule has 0 aliphatic rings. The van der Waals surface area contributed by atoms with Crippen LogP contribution in [0, 0.1) is 11.3 Å². The first-order valence-corrected chi connectivity index (χ1v) is 24.0. The van der Waals surface area contributed by atoms with E-state index in [0.29, 0.717) is 41.1 Å². The monoisotopic (exact) mass is 850 g/mol. The van der Waals surface area contributed by atoms with E-state index in [9.17, 15) is 5.26 Å². The van der Waals surface area contributed by atoms with Crippen LogP contribution in [0.5, 0.6) is 0 Å². The molecule has 0 aliphatic heterocycles. The highest BCUT2D eigenvalue weighted by molar-refractivity contribution is 6.13. The molecule has 10 rings (SSSR count). The van der Waals surface area contributed by atoms with Gasteiger partial charge < -0.3 is 13.7 Å². The zero-order valence-electron chi connectivity index (χ0n) is 40.3. The van der Waals surface area contributed by atoms with Crippen molar-refractivity contribution in [3.05, 3.63) is 160 Å². The molecule has 0 radical (unpaired) electrons. The molecule has 0 unspecified atom stereocenters. The minimum atomic E-state index is 0.376. The van der Waals surface area contributed by atoms with Gasteiger partial charge in [-0.25, -0.2) is 0 Å². The van der Waals surface area contributed by atoms with E-state index in [-0.39, 0.29) is 0 Å². The van der Waals surface area contributed by atoms with Gasteiger partial charge in [0.1, 0.15) is 11.6 Å². The molecule has 3 heterocycles. The van der Waals surface area contributed by atoms with Gasteiger partial charge in [-0.05, 0) is 154 Å². The summed E-state index contributed by atoms with van der Waals surface area (Å²) in [6, 6.07) is 49.3. The van der Waals surface area contributed by atoms with Gasteiger partial charge in [-0.15, -0.1) is 0 Å². The second-order valence-electron chi connectivity index (χ2n) is 20.6. The molecule has 10 aromatic rings. The maximum Gasteiger partial charge on any atom is 0.104 e. The summed E-state index contributed by atoms with van der Waals surface area (Å²) in [4.78, 5) is 0. The van der Waals surface area contributed by atoms with Gasteiger partial charge in [0.2, 0.25) is 0 Å². The predicted molar refractivity (Wildman–Crippen MR) is 279 cm³/mol. The lowest BCUT2D eigenvalue weighted by Crippen LogP contribution is -2.07. The van der Waals surface area contributed by atoms with E-state index in [0.717, 1.165) is 50.2 Å². The second-order valence-corrected chi connectivity index (χ2v) is 20.6. The summed E-state index contributed by atoms with van der Waals surface area (Å²) in [5, 5.41) is 19.1. The summed E-state index contributed by atoms with van der Waals surface area (Å²) in [6.45, 7) is 27.2. The lowest BCUT2D eigenvalue weighted by Gasteiger charge is -2.20. The Labute approximate surface area is 384 Å². The quantitative estimate of drug-likeness (QED) is 0.143. The van der Waals surface area contributed by atoms with Gasteiger partial charge in [-0.3, -0.25) is 0 Å². The van der Waals surface area contributed by atoms with Crippen LogP contribution in [0.4, 0.5) is 0 Å². The van der Waals surface area contributed by atoms with Crippen LogP contribution in [0.15, 0.2) is 121 Å². The Hall–Kier alpha value is -6.57. The Morgan fingerprint density at radius 1 is 0.308 bits per heavy atom. The molecule has 0 N–H and O–H groups in total. The predicted octanol–water partition coefficient (Wildman–Crippen LogP) is 17.6. The van der Waals surface area contributed by atoms with Crippen molar-refractivity contribution in [2.24, 2.45) is 0 Å². The van der Waals surface area contributed by atoms with Crippen LogP contribution in [0.25, 0.3) is 82.5 Å². The normalized spacial score (nSPS) is 12.5. The second kappa shape index (κ2) is 15.8. The Morgan fingerprint density at radius 3 is 0.723 bits per heavy atom. The number of aromatic nitrogens is 3. The van der Waals surface area contributed by atoms with Crippen molar-refractivity contribution in [1.29, 1.82) is 5.26 Å². The maximum absolute atomic E-state index is 11.8. The third-order valence-electron chi connectivity index (χ3n) is 14.4. The molecular formula is C61H62N4. The van der Waals surface area contributed by atoms with Gasteiger partial charge in [0.25, 0.3) is 0 Å². The van der Waals surface area contributed by atoms with Crippen molar-refractivity contribution in [1.82, 2.24) is 13.7 Å². The number of hydrogen-bond donors (Lipinski definition) is 0. The third-order valence-corrected chi connectivity index (χ3v) is 14.4. The Balaban J connectivity index is 1.40. The number of nitriles is 1. The Morgan fingerprint density at radius 2 is 0.523 bits per heavy atom. The van der Waals surface area contributed by atoms with Crippen molar-refractivity contribution in [3.63, 3.8) is 0 Å². The van der Waals surface area contributed by atoms with E-state index in [4.69, 9.17) is 0 Å². The van der Waals surface area contributed by atoms with Crippen LogP contribution in [0.1, 0.15) is 158 Å². The van der Waals surface area contributed by atoms with Crippen LogP contribution in [-0.2, 0) is 0 Å². The van der Waals surface area contributed by atoms with E-state index in [2.05, 4.69) is 224 Å². The molecule has 326 valence electrons. The summed E-state index contributed by atoms with van der Waals surface area (Å²) in [5.41, 5.74) is 18.0. The summed E-state index contributed by atoms with van der Waals surface area (Å²) in [7, 11) is 0. The number of benzene rings is 7. The summed E-state index contributed by atoms with van der Waals surface area (Å²) in [6.07, 6.45) is 0. The largest absolute Gasteiger partial charge is 0.309 e. The Bertz CT molecular complexity index is 3210. The van der Waals surface area contributed by atoms with Crippen molar-refractivity contribution < 1.29 is 0 Å². The number of nitrogens with zero attached hydrogens (tertiary/aromatic N) is 4. The van der Waals surface area contributed by atoms with Crippen molar-refractivity contribution in [3.8, 4) is 23.1 Å². The van der Waals surface area contributed by atoms with E-state index in [1.54, 1.807) is 0 Å². The number of fused-ring (bicyclic) bond motifs is 9. The number of rotatable bonds is 9. The molecule has 65 heavy (non-hydrogen) atoms. The van der Waals surface area contributed by atoms with Crippen molar-refractivity contribution in [2.75, 3.05) is 0 Å². The van der Waals surface area contributed by atoms with Gasteiger partial charge in [0.15, 0.2) is 0 Å². The molecule has 0 aliphatic carbocycles. The van der Waals surface area contributed by atoms with Gasteiger partial charge in [0, 0.05) is 32.3 Å². The third kappa shape index (κ3) is 6.77. The molecule has 4 heteroatoms. The van der Waals surface area contributed by atoms with Gasteiger partial charge >= 0.3 is 0 Å². The first-order valence-electron chi connectivity index (χ1n) is 24.0. The van der Waals surface area contributed by atoms with Gasteiger partial charge in [-0.2, -0.15) is 5.26 Å². The van der Waals surface area contributed by atoms with E-state index >= 15 is 0 Å². The van der Waals surface area contributed by atoms with Crippen molar-refractivity contribution >= 4 is 65.4 Å². The zero-order chi connectivity index (χ0) is 45.7. The van der Waals surface area contributed by atoms with E-state index in [1.165, 1.54) is 65.7 Å². The standard InChI is InChI=1S/C61H62N4/c1-34(2)40-13-19-54-47(25-40)48-26-41(35(3)4)14-20-55(48)63(54)46-31-60(64-56-21-15-42(36(5)6)27-49(56)50-28-43(37(7)8)16-22-57(50)64)53(33-62)61(32-46)65-58-23-17-44(38(9)10)29-51(58)52-30-45(39(11)12)18-24-59(52)65/h13-32,34-39H,1-12H3. The highest BCUT2D eigenvalue weighted by Gasteiger charge is 2.26. The fourth-order valence-electron chi connectivity index (χ4n) is 10.3. The molecule has 0 fully saturated rings. The SMILES string of the molecule is CC(C)c1ccc2c(c1)c1cc(C(C)C)ccc1n2-c1cc(-n2c3ccc(C(C)C)cc3c3cc(C(C)C)ccc32)c(C#N)c(-n2c3ccc(C(C)C)cc3c3cc(C(C)C)ccc32)c1. The molecule has 0 saturated carbocycles. The lowest BCUT2D eigenvalue weighted by atomic mass is 9.98. The molecule has 4 nitrogen and oxygen atoms in total.